The molecule has 18 heavy (non-hydrogen) atoms. The van der Waals surface area contributed by atoms with Crippen molar-refractivity contribution in [2.75, 3.05) is 13.2 Å². The van der Waals surface area contributed by atoms with E-state index in [1.54, 1.807) is 0 Å². The van der Waals surface area contributed by atoms with Gasteiger partial charge in [-0.2, -0.15) is 0 Å². The van der Waals surface area contributed by atoms with Crippen LogP contribution in [0.25, 0.3) is 0 Å². The van der Waals surface area contributed by atoms with Gasteiger partial charge in [0.2, 0.25) is 0 Å². The van der Waals surface area contributed by atoms with Crippen LogP contribution in [0.1, 0.15) is 13.2 Å². The van der Waals surface area contributed by atoms with E-state index in [4.69, 9.17) is 9.84 Å². The van der Waals surface area contributed by atoms with Crippen molar-refractivity contribution in [1.29, 1.82) is 0 Å². The molecule has 1 aromatic heterocycles. The number of hydrogen-bond donors (Lipinski definition) is 3. The first kappa shape index (κ1) is 12.9. The molecule has 1 aliphatic rings. The van der Waals surface area contributed by atoms with Crippen LogP contribution in [-0.4, -0.2) is 44.2 Å². The molecule has 0 spiro atoms. The van der Waals surface area contributed by atoms with E-state index in [-0.39, 0.29) is 0 Å². The van der Waals surface area contributed by atoms with Gasteiger partial charge < -0.3 is 14.9 Å². The summed E-state index contributed by atoms with van der Waals surface area (Å²) in [6.07, 6.45) is -0.341. The lowest BCUT2D eigenvalue weighted by atomic mass is 9.88. The molecule has 3 N–H and O–H groups in total. The second-order valence-electron chi connectivity index (χ2n) is 4.45. The minimum atomic E-state index is -2.37. The zero-order chi connectivity index (χ0) is 13.6. The maximum atomic E-state index is 14.5. The van der Waals surface area contributed by atoms with Crippen LogP contribution in [0.3, 0.4) is 0 Å². The zero-order valence-electron chi connectivity index (χ0n) is 9.59. The van der Waals surface area contributed by atoms with Gasteiger partial charge in [0.15, 0.2) is 11.9 Å². The Balaban J connectivity index is 2.48. The number of aromatic amines is 1. The SMILES string of the molecule is C[C@]1(F)[C@H](n2ccc(=O)[nH]c2=O)OCC1(O)CO. The minimum absolute atomic E-state index is 0.452. The quantitative estimate of drug-likeness (QED) is 0.601. The number of nitrogens with one attached hydrogen (secondary N) is 1. The van der Waals surface area contributed by atoms with E-state index in [9.17, 15) is 19.1 Å². The molecule has 3 atom stereocenters. The summed E-state index contributed by atoms with van der Waals surface area (Å²) in [7, 11) is 0. The summed E-state index contributed by atoms with van der Waals surface area (Å²) in [5.41, 5.74) is -5.93. The molecule has 1 aliphatic heterocycles. The van der Waals surface area contributed by atoms with Gasteiger partial charge in [-0.3, -0.25) is 14.3 Å². The zero-order valence-corrected chi connectivity index (χ0v) is 9.59. The molecule has 2 rings (SSSR count). The van der Waals surface area contributed by atoms with Gasteiger partial charge in [0.1, 0.15) is 5.60 Å². The Kier molecular flexibility index (Phi) is 2.88. The molecule has 0 aromatic carbocycles. The predicted octanol–water partition coefficient (Wildman–Crippen LogP) is -1.48. The number of aliphatic hydroxyl groups is 2. The van der Waals surface area contributed by atoms with Crippen molar-refractivity contribution in [2.45, 2.75) is 24.4 Å². The van der Waals surface area contributed by atoms with Gasteiger partial charge in [-0.1, -0.05) is 0 Å². The van der Waals surface area contributed by atoms with E-state index < -0.39 is 42.0 Å². The smallest absolute Gasteiger partial charge is 0.330 e. The van der Waals surface area contributed by atoms with Crippen molar-refractivity contribution >= 4 is 0 Å². The maximum absolute atomic E-state index is 14.5. The van der Waals surface area contributed by atoms with E-state index >= 15 is 0 Å². The van der Waals surface area contributed by atoms with Crippen LogP contribution in [0.4, 0.5) is 4.39 Å². The standard InChI is InChI=1S/C10H13FN2O5/c1-9(11)7(18-5-10(9,17)4-14)13-3-2-6(15)12-8(13)16/h2-3,7,14,17H,4-5H2,1H3,(H,12,15,16)/t7-,9+,10?/m1/s1. The molecular weight excluding hydrogens is 247 g/mol. The second-order valence-corrected chi connectivity index (χ2v) is 4.45. The number of ether oxygens (including phenoxy) is 1. The fraction of sp³-hybridized carbons (Fsp3) is 0.600. The molecule has 8 heteroatoms. The third-order valence-electron chi connectivity index (χ3n) is 3.22. The number of alkyl halides is 1. The van der Waals surface area contributed by atoms with Crippen molar-refractivity contribution < 1.29 is 19.3 Å². The maximum Gasteiger partial charge on any atom is 0.330 e. The molecule has 2 heterocycles. The Bertz CT molecular complexity index is 566. The van der Waals surface area contributed by atoms with E-state index in [2.05, 4.69) is 0 Å². The van der Waals surface area contributed by atoms with E-state index in [0.717, 1.165) is 23.8 Å². The van der Waals surface area contributed by atoms with Gasteiger partial charge in [-0.15, -0.1) is 0 Å². The van der Waals surface area contributed by atoms with E-state index in [1.165, 1.54) is 0 Å². The fourth-order valence-corrected chi connectivity index (χ4v) is 1.90. The van der Waals surface area contributed by atoms with Crippen molar-refractivity contribution in [3.8, 4) is 0 Å². The van der Waals surface area contributed by atoms with Gasteiger partial charge >= 0.3 is 5.69 Å². The summed E-state index contributed by atoms with van der Waals surface area (Å²) in [5, 5.41) is 18.9. The van der Waals surface area contributed by atoms with E-state index in [0.29, 0.717) is 0 Å². The third-order valence-corrected chi connectivity index (χ3v) is 3.22. The molecule has 1 unspecified atom stereocenters. The highest BCUT2D eigenvalue weighted by Crippen LogP contribution is 2.43. The third kappa shape index (κ3) is 1.69. The average Bonchev–Trinajstić information content (AvgIpc) is 2.52. The second kappa shape index (κ2) is 4.01. The highest BCUT2D eigenvalue weighted by molar-refractivity contribution is 5.06. The molecule has 0 saturated carbocycles. The largest absolute Gasteiger partial charge is 0.393 e. The monoisotopic (exact) mass is 260 g/mol. The summed E-state index contributed by atoms with van der Waals surface area (Å²) in [4.78, 5) is 24.4. The van der Waals surface area contributed by atoms with Crippen LogP contribution in [0.15, 0.2) is 21.9 Å². The summed E-state index contributed by atoms with van der Waals surface area (Å²) in [6, 6.07) is 1.04. The normalized spacial score (nSPS) is 35.9. The lowest BCUT2D eigenvalue weighted by Gasteiger charge is -2.32. The molecule has 100 valence electrons. The van der Waals surface area contributed by atoms with Gasteiger partial charge in [0, 0.05) is 12.3 Å². The number of aromatic nitrogens is 2. The van der Waals surface area contributed by atoms with Gasteiger partial charge in [0.05, 0.1) is 13.2 Å². The van der Waals surface area contributed by atoms with Crippen LogP contribution in [0, 0.1) is 0 Å². The lowest BCUT2D eigenvalue weighted by molar-refractivity contribution is -0.109. The number of aliphatic hydroxyl groups excluding tert-OH is 1. The van der Waals surface area contributed by atoms with Gasteiger partial charge in [-0.25, -0.2) is 9.18 Å². The number of halogens is 1. The average molecular weight is 260 g/mol. The summed E-state index contributed by atoms with van der Waals surface area (Å²) >= 11 is 0. The van der Waals surface area contributed by atoms with Crippen molar-refractivity contribution in [3.63, 3.8) is 0 Å². The van der Waals surface area contributed by atoms with Gasteiger partial charge in [-0.05, 0) is 6.92 Å². The molecule has 0 amide bonds. The van der Waals surface area contributed by atoms with Crippen molar-refractivity contribution in [3.05, 3.63) is 33.1 Å². The first-order chi connectivity index (χ1) is 8.32. The van der Waals surface area contributed by atoms with Gasteiger partial charge in [0.25, 0.3) is 5.56 Å². The first-order valence-electron chi connectivity index (χ1n) is 5.27. The Morgan fingerprint density at radius 3 is 2.83 bits per heavy atom. The molecule has 1 fully saturated rings. The fourth-order valence-electron chi connectivity index (χ4n) is 1.90. The highest BCUT2D eigenvalue weighted by Gasteiger charge is 2.60. The number of hydrogen-bond acceptors (Lipinski definition) is 5. The van der Waals surface area contributed by atoms with Crippen LogP contribution in [0.5, 0.6) is 0 Å². The van der Waals surface area contributed by atoms with E-state index in [1.807, 2.05) is 4.98 Å². The molecule has 1 saturated heterocycles. The summed E-state index contributed by atoms with van der Waals surface area (Å²) < 4.78 is 20.4. The molecular formula is C10H13FN2O5. The molecule has 7 nitrogen and oxygen atoms in total. The molecule has 0 bridgehead atoms. The molecule has 0 aliphatic carbocycles. The summed E-state index contributed by atoms with van der Waals surface area (Å²) in [6.45, 7) is -0.264. The van der Waals surface area contributed by atoms with Crippen LogP contribution >= 0.6 is 0 Å². The Morgan fingerprint density at radius 1 is 1.67 bits per heavy atom. The van der Waals surface area contributed by atoms with Crippen LogP contribution in [0.2, 0.25) is 0 Å². The van der Waals surface area contributed by atoms with Crippen molar-refractivity contribution in [2.24, 2.45) is 0 Å². The number of rotatable bonds is 2. The highest BCUT2D eigenvalue weighted by atomic mass is 19.1. The molecule has 1 aromatic rings. The lowest BCUT2D eigenvalue weighted by Crippen LogP contribution is -2.53. The molecule has 0 radical (unpaired) electrons. The Morgan fingerprint density at radius 2 is 2.33 bits per heavy atom. The predicted molar refractivity (Wildman–Crippen MR) is 57.9 cm³/mol. The Labute approximate surface area is 100 Å². The minimum Gasteiger partial charge on any atom is -0.393 e. The van der Waals surface area contributed by atoms with Crippen LogP contribution < -0.4 is 11.2 Å². The number of nitrogens with zero attached hydrogens (tertiary/aromatic N) is 1. The Hall–Kier alpha value is -1.51. The van der Waals surface area contributed by atoms with Crippen LogP contribution in [-0.2, 0) is 4.74 Å². The summed E-state index contributed by atoms with van der Waals surface area (Å²) in [5.74, 6) is 0. The number of H-pyrrole nitrogens is 1. The topological polar surface area (TPSA) is 105 Å². The van der Waals surface area contributed by atoms with Crippen molar-refractivity contribution in [1.82, 2.24) is 9.55 Å². The first-order valence-corrected chi connectivity index (χ1v) is 5.27.